The summed E-state index contributed by atoms with van der Waals surface area (Å²) in [5.74, 6) is 0.119. The van der Waals surface area contributed by atoms with Gasteiger partial charge in [-0.2, -0.15) is 0 Å². The van der Waals surface area contributed by atoms with Crippen LogP contribution in [0.15, 0.2) is 75.9 Å². The largest absolute Gasteiger partial charge is 0.497 e. The fourth-order valence-corrected chi connectivity index (χ4v) is 3.34. The molecule has 0 saturated carbocycles. The Bertz CT molecular complexity index is 1290. The first-order valence-electron chi connectivity index (χ1n) is 9.16. The molecule has 0 aliphatic carbocycles. The zero-order valence-electron chi connectivity index (χ0n) is 16.3. The zero-order valence-corrected chi connectivity index (χ0v) is 16.3. The van der Waals surface area contributed by atoms with Gasteiger partial charge >= 0.3 is 11.6 Å². The molecule has 0 aliphatic heterocycles. The molecule has 0 unspecified atom stereocenters. The summed E-state index contributed by atoms with van der Waals surface area (Å²) in [6.07, 6.45) is 0. The summed E-state index contributed by atoms with van der Waals surface area (Å²) in [7, 11) is 1.53. The maximum Gasteiger partial charge on any atom is 0.344 e. The van der Waals surface area contributed by atoms with Crippen LogP contribution in [0.3, 0.4) is 0 Å². The van der Waals surface area contributed by atoms with Crippen LogP contribution in [0.4, 0.5) is 4.39 Å². The molecule has 4 aromatic rings. The second kappa shape index (κ2) is 7.83. The average Bonchev–Trinajstić information content (AvgIpc) is 2.73. The van der Waals surface area contributed by atoms with Crippen LogP contribution in [-0.4, -0.2) is 13.1 Å². The summed E-state index contributed by atoms with van der Waals surface area (Å²) in [5, 5.41) is 0.690. The van der Waals surface area contributed by atoms with Crippen molar-refractivity contribution in [2.75, 3.05) is 7.11 Å². The predicted molar refractivity (Wildman–Crippen MR) is 111 cm³/mol. The summed E-state index contributed by atoms with van der Waals surface area (Å²) in [5.41, 5.74) is 2.00. The Morgan fingerprint density at radius 2 is 1.47 bits per heavy atom. The van der Waals surface area contributed by atoms with Crippen molar-refractivity contribution >= 4 is 16.9 Å². The fraction of sp³-hybridized carbons (Fsp3) is 0.0833. The summed E-state index contributed by atoms with van der Waals surface area (Å²) >= 11 is 0. The Kier molecular flexibility index (Phi) is 5.06. The first-order valence-corrected chi connectivity index (χ1v) is 9.16. The van der Waals surface area contributed by atoms with Crippen molar-refractivity contribution in [1.29, 1.82) is 0 Å². The van der Waals surface area contributed by atoms with Crippen LogP contribution in [0.5, 0.6) is 11.5 Å². The number of benzene rings is 3. The molecule has 0 radical (unpaired) electrons. The summed E-state index contributed by atoms with van der Waals surface area (Å²) in [4.78, 5) is 24.2. The third-order valence-corrected chi connectivity index (χ3v) is 4.65. The highest BCUT2D eigenvalue weighted by Crippen LogP contribution is 2.37. The van der Waals surface area contributed by atoms with E-state index in [4.69, 9.17) is 13.9 Å². The third-order valence-electron chi connectivity index (χ3n) is 4.65. The molecule has 0 bridgehead atoms. The van der Waals surface area contributed by atoms with Gasteiger partial charge in [-0.05, 0) is 47.5 Å². The molecule has 0 amide bonds. The molecule has 0 spiro atoms. The van der Waals surface area contributed by atoms with Crippen LogP contribution in [0.25, 0.3) is 33.2 Å². The van der Waals surface area contributed by atoms with Gasteiger partial charge in [0.2, 0.25) is 0 Å². The zero-order chi connectivity index (χ0) is 21.3. The molecule has 3 aromatic carbocycles. The van der Waals surface area contributed by atoms with E-state index in [0.717, 1.165) is 0 Å². The minimum atomic E-state index is -0.554. The predicted octanol–water partition coefficient (Wildman–Crippen LogP) is 5.20. The Morgan fingerprint density at radius 1 is 0.867 bits per heavy atom. The van der Waals surface area contributed by atoms with E-state index in [-0.39, 0.29) is 0 Å². The van der Waals surface area contributed by atoms with Crippen molar-refractivity contribution in [1.82, 2.24) is 0 Å². The van der Waals surface area contributed by atoms with Gasteiger partial charge in [0, 0.05) is 23.9 Å². The number of methoxy groups -OCH3 is 1. The monoisotopic (exact) mass is 404 g/mol. The van der Waals surface area contributed by atoms with Gasteiger partial charge in [-0.15, -0.1) is 0 Å². The van der Waals surface area contributed by atoms with E-state index in [1.165, 1.54) is 38.3 Å². The number of halogens is 1. The van der Waals surface area contributed by atoms with Gasteiger partial charge in [-0.1, -0.05) is 24.3 Å². The topological polar surface area (TPSA) is 65.7 Å². The Morgan fingerprint density at radius 3 is 2.10 bits per heavy atom. The number of esters is 1. The van der Waals surface area contributed by atoms with Crippen molar-refractivity contribution in [2.45, 2.75) is 6.92 Å². The van der Waals surface area contributed by atoms with Gasteiger partial charge in [0.05, 0.1) is 12.7 Å². The molecule has 30 heavy (non-hydrogen) atoms. The maximum atomic E-state index is 13.5. The third kappa shape index (κ3) is 3.67. The first-order chi connectivity index (χ1) is 14.5. The molecule has 0 aliphatic rings. The number of ether oxygens (including phenoxy) is 2. The van der Waals surface area contributed by atoms with Gasteiger partial charge < -0.3 is 13.9 Å². The van der Waals surface area contributed by atoms with E-state index in [2.05, 4.69) is 0 Å². The van der Waals surface area contributed by atoms with E-state index in [1.807, 2.05) is 0 Å². The molecule has 1 heterocycles. The number of carbonyl (C=O) groups is 1. The van der Waals surface area contributed by atoms with Gasteiger partial charge in [0.1, 0.15) is 22.9 Å². The summed E-state index contributed by atoms with van der Waals surface area (Å²) in [6, 6.07) is 17.7. The Balaban J connectivity index is 2.00. The van der Waals surface area contributed by atoms with Crippen LogP contribution in [0.2, 0.25) is 0 Å². The SMILES string of the molecule is COc1ccc2c(-c3ccc(OC(C)=O)cc3)c(-c3ccc(F)cc3)c(=O)oc2c1. The van der Waals surface area contributed by atoms with Crippen LogP contribution >= 0.6 is 0 Å². The standard InChI is InChI=1S/C24H17FO5/c1-14(26)29-18-9-5-15(6-10-18)22-20-12-11-19(28-2)13-21(20)30-24(27)23(22)16-3-7-17(25)8-4-16/h3-13H,1-2H3. The molecule has 0 fully saturated rings. The van der Waals surface area contributed by atoms with Crippen LogP contribution in [0, 0.1) is 5.82 Å². The highest BCUT2D eigenvalue weighted by molar-refractivity contribution is 6.01. The van der Waals surface area contributed by atoms with E-state index in [0.29, 0.717) is 44.7 Å². The molecular formula is C24H17FO5. The molecule has 0 N–H and O–H groups in total. The lowest BCUT2D eigenvalue weighted by atomic mass is 9.93. The second-order valence-electron chi connectivity index (χ2n) is 6.63. The van der Waals surface area contributed by atoms with Crippen LogP contribution < -0.4 is 15.1 Å². The average molecular weight is 404 g/mol. The van der Waals surface area contributed by atoms with E-state index < -0.39 is 17.4 Å². The van der Waals surface area contributed by atoms with Crippen molar-refractivity contribution in [2.24, 2.45) is 0 Å². The van der Waals surface area contributed by atoms with E-state index >= 15 is 0 Å². The summed E-state index contributed by atoms with van der Waals surface area (Å²) in [6.45, 7) is 1.32. The normalized spacial score (nSPS) is 10.8. The molecule has 150 valence electrons. The molecule has 0 saturated heterocycles. The molecule has 4 rings (SSSR count). The Labute approximate surface area is 171 Å². The summed E-state index contributed by atoms with van der Waals surface area (Å²) < 4.78 is 29.3. The van der Waals surface area contributed by atoms with Gasteiger partial charge in [-0.3, -0.25) is 4.79 Å². The van der Waals surface area contributed by atoms with Gasteiger partial charge in [0.15, 0.2) is 0 Å². The van der Waals surface area contributed by atoms with Crippen molar-refractivity contribution in [3.8, 4) is 33.8 Å². The van der Waals surface area contributed by atoms with Gasteiger partial charge in [0.25, 0.3) is 0 Å². The van der Waals surface area contributed by atoms with Crippen LogP contribution in [-0.2, 0) is 4.79 Å². The lowest BCUT2D eigenvalue weighted by molar-refractivity contribution is -0.131. The smallest absolute Gasteiger partial charge is 0.344 e. The molecular weight excluding hydrogens is 387 g/mol. The highest BCUT2D eigenvalue weighted by atomic mass is 19.1. The number of fused-ring (bicyclic) bond motifs is 1. The highest BCUT2D eigenvalue weighted by Gasteiger charge is 2.19. The van der Waals surface area contributed by atoms with E-state index in [1.54, 1.807) is 42.5 Å². The van der Waals surface area contributed by atoms with Gasteiger partial charge in [-0.25, -0.2) is 9.18 Å². The number of carbonyl (C=O) groups excluding carboxylic acids is 1. The van der Waals surface area contributed by atoms with Crippen molar-refractivity contribution in [3.63, 3.8) is 0 Å². The second-order valence-corrected chi connectivity index (χ2v) is 6.63. The lowest BCUT2D eigenvalue weighted by Gasteiger charge is -2.13. The van der Waals surface area contributed by atoms with E-state index in [9.17, 15) is 14.0 Å². The minimum Gasteiger partial charge on any atom is -0.497 e. The van der Waals surface area contributed by atoms with Crippen molar-refractivity contribution < 1.29 is 23.1 Å². The molecule has 5 nitrogen and oxygen atoms in total. The first kappa shape index (κ1) is 19.4. The minimum absolute atomic E-state index is 0.313. The van der Waals surface area contributed by atoms with Crippen LogP contribution in [0.1, 0.15) is 6.92 Å². The number of rotatable bonds is 4. The maximum absolute atomic E-state index is 13.5. The molecule has 1 aromatic heterocycles. The number of hydrogen-bond acceptors (Lipinski definition) is 5. The number of hydrogen-bond donors (Lipinski definition) is 0. The molecule has 0 atom stereocenters. The fourth-order valence-electron chi connectivity index (χ4n) is 3.34. The quantitative estimate of drug-likeness (QED) is 0.266. The van der Waals surface area contributed by atoms with Crippen molar-refractivity contribution in [3.05, 3.63) is 83.0 Å². The molecule has 6 heteroatoms. The lowest BCUT2D eigenvalue weighted by Crippen LogP contribution is -2.06. The Hall–Kier alpha value is -3.93.